The Kier molecular flexibility index (Phi) is 3.21. The summed E-state index contributed by atoms with van der Waals surface area (Å²) in [5.74, 6) is 0.816. The first-order chi connectivity index (χ1) is 10.1. The van der Waals surface area contributed by atoms with E-state index in [0.717, 1.165) is 16.9 Å². The zero-order valence-corrected chi connectivity index (χ0v) is 12.2. The lowest BCUT2D eigenvalue weighted by Crippen LogP contribution is -2.21. The van der Waals surface area contributed by atoms with E-state index in [1.807, 2.05) is 25.1 Å². The minimum Gasteiger partial charge on any atom is -0.496 e. The van der Waals surface area contributed by atoms with E-state index in [1.54, 1.807) is 35.9 Å². The van der Waals surface area contributed by atoms with Crippen LogP contribution in [0.25, 0.3) is 11.0 Å². The van der Waals surface area contributed by atoms with Crippen LogP contribution in [0, 0.1) is 6.92 Å². The SMILES string of the molecule is COc1cc(Cn2cnc3c(cnn3C)c2=O)ccc1C. The minimum absolute atomic E-state index is 0.0901. The molecule has 0 atom stereocenters. The van der Waals surface area contributed by atoms with Gasteiger partial charge < -0.3 is 4.74 Å². The number of hydrogen-bond acceptors (Lipinski definition) is 4. The number of aromatic nitrogens is 4. The van der Waals surface area contributed by atoms with Gasteiger partial charge in [-0.25, -0.2) is 4.98 Å². The van der Waals surface area contributed by atoms with Crippen LogP contribution in [-0.2, 0) is 13.6 Å². The van der Waals surface area contributed by atoms with Gasteiger partial charge in [0.15, 0.2) is 5.65 Å². The largest absolute Gasteiger partial charge is 0.496 e. The molecule has 0 aliphatic rings. The van der Waals surface area contributed by atoms with E-state index in [4.69, 9.17) is 4.74 Å². The Labute approximate surface area is 121 Å². The lowest BCUT2D eigenvalue weighted by molar-refractivity contribution is 0.411. The molecule has 0 N–H and O–H groups in total. The molecule has 0 amide bonds. The molecule has 0 fully saturated rings. The van der Waals surface area contributed by atoms with Crippen molar-refractivity contribution in [1.82, 2.24) is 19.3 Å². The minimum atomic E-state index is -0.0901. The van der Waals surface area contributed by atoms with Crippen LogP contribution in [0.15, 0.2) is 35.5 Å². The second-order valence-electron chi connectivity index (χ2n) is 4.99. The highest BCUT2D eigenvalue weighted by Crippen LogP contribution is 2.19. The first-order valence-electron chi connectivity index (χ1n) is 6.61. The fraction of sp³-hybridized carbons (Fsp3) is 0.267. The molecule has 0 radical (unpaired) electrons. The number of hydrogen-bond donors (Lipinski definition) is 0. The van der Waals surface area contributed by atoms with Crippen LogP contribution in [-0.4, -0.2) is 26.4 Å². The average Bonchev–Trinajstić information content (AvgIpc) is 2.86. The molecule has 0 aliphatic carbocycles. The summed E-state index contributed by atoms with van der Waals surface area (Å²) in [7, 11) is 3.41. The molecule has 3 aromatic rings. The topological polar surface area (TPSA) is 61.9 Å². The van der Waals surface area contributed by atoms with Crippen LogP contribution >= 0.6 is 0 Å². The van der Waals surface area contributed by atoms with Gasteiger partial charge in [-0.1, -0.05) is 12.1 Å². The number of benzene rings is 1. The normalized spacial score (nSPS) is 11.0. The van der Waals surface area contributed by atoms with Crippen LogP contribution in [0.4, 0.5) is 0 Å². The molecule has 0 aliphatic heterocycles. The molecule has 0 saturated heterocycles. The fourth-order valence-electron chi connectivity index (χ4n) is 2.34. The summed E-state index contributed by atoms with van der Waals surface area (Å²) in [4.78, 5) is 16.7. The Morgan fingerprint density at radius 2 is 2.14 bits per heavy atom. The van der Waals surface area contributed by atoms with Crippen LogP contribution in [0.2, 0.25) is 0 Å². The maximum absolute atomic E-state index is 12.4. The lowest BCUT2D eigenvalue weighted by Gasteiger charge is -2.09. The number of rotatable bonds is 3. The van der Waals surface area contributed by atoms with Crippen molar-refractivity contribution in [3.8, 4) is 5.75 Å². The van der Waals surface area contributed by atoms with Crippen LogP contribution in [0.1, 0.15) is 11.1 Å². The summed E-state index contributed by atoms with van der Waals surface area (Å²) < 4.78 is 8.48. The van der Waals surface area contributed by atoms with Crippen molar-refractivity contribution in [2.24, 2.45) is 7.05 Å². The van der Waals surface area contributed by atoms with Gasteiger partial charge in [0.05, 0.1) is 19.9 Å². The van der Waals surface area contributed by atoms with Crippen LogP contribution in [0.5, 0.6) is 5.75 Å². The van der Waals surface area contributed by atoms with Crippen molar-refractivity contribution in [3.05, 3.63) is 52.2 Å². The summed E-state index contributed by atoms with van der Waals surface area (Å²) in [5.41, 5.74) is 2.56. The van der Waals surface area contributed by atoms with Gasteiger partial charge in [-0.15, -0.1) is 0 Å². The molecule has 21 heavy (non-hydrogen) atoms. The van der Waals surface area contributed by atoms with E-state index in [0.29, 0.717) is 17.6 Å². The Balaban J connectivity index is 2.02. The molecule has 108 valence electrons. The Morgan fingerprint density at radius 3 is 2.90 bits per heavy atom. The van der Waals surface area contributed by atoms with E-state index in [1.165, 1.54) is 0 Å². The lowest BCUT2D eigenvalue weighted by atomic mass is 10.1. The summed E-state index contributed by atoms with van der Waals surface area (Å²) in [5, 5.41) is 4.59. The number of ether oxygens (including phenoxy) is 1. The van der Waals surface area contributed by atoms with Crippen molar-refractivity contribution < 1.29 is 4.74 Å². The van der Waals surface area contributed by atoms with E-state index >= 15 is 0 Å². The molecule has 0 spiro atoms. The van der Waals surface area contributed by atoms with Gasteiger partial charge in [-0.05, 0) is 24.1 Å². The summed E-state index contributed by atoms with van der Waals surface area (Å²) in [6.45, 7) is 2.44. The Hall–Kier alpha value is -2.63. The van der Waals surface area contributed by atoms with E-state index in [2.05, 4.69) is 10.1 Å². The molecule has 2 heterocycles. The second-order valence-corrected chi connectivity index (χ2v) is 4.99. The molecular formula is C15H16N4O2. The molecule has 0 saturated carbocycles. The number of nitrogens with zero attached hydrogens (tertiary/aromatic N) is 4. The number of methoxy groups -OCH3 is 1. The van der Waals surface area contributed by atoms with E-state index < -0.39 is 0 Å². The molecule has 6 heteroatoms. The highest BCUT2D eigenvalue weighted by atomic mass is 16.5. The molecule has 0 unspecified atom stereocenters. The van der Waals surface area contributed by atoms with Crippen molar-refractivity contribution in [2.45, 2.75) is 13.5 Å². The van der Waals surface area contributed by atoms with Gasteiger partial charge >= 0.3 is 0 Å². The van der Waals surface area contributed by atoms with Gasteiger partial charge in [0.25, 0.3) is 5.56 Å². The molecule has 2 aromatic heterocycles. The third kappa shape index (κ3) is 2.29. The molecule has 0 bridgehead atoms. The van der Waals surface area contributed by atoms with Crippen molar-refractivity contribution in [1.29, 1.82) is 0 Å². The van der Waals surface area contributed by atoms with E-state index in [-0.39, 0.29) is 5.56 Å². The fourth-order valence-corrected chi connectivity index (χ4v) is 2.34. The van der Waals surface area contributed by atoms with Crippen LogP contribution in [0.3, 0.4) is 0 Å². The molecular weight excluding hydrogens is 268 g/mol. The maximum Gasteiger partial charge on any atom is 0.264 e. The van der Waals surface area contributed by atoms with Gasteiger partial charge in [0, 0.05) is 7.05 Å². The van der Waals surface area contributed by atoms with Gasteiger partial charge in [-0.2, -0.15) is 5.10 Å². The van der Waals surface area contributed by atoms with Crippen LogP contribution < -0.4 is 10.3 Å². The molecule has 3 rings (SSSR count). The third-order valence-electron chi connectivity index (χ3n) is 3.54. The summed E-state index contributed by atoms with van der Waals surface area (Å²) >= 11 is 0. The quantitative estimate of drug-likeness (QED) is 0.731. The number of fused-ring (bicyclic) bond motifs is 1. The number of aryl methyl sites for hydroxylation is 2. The second kappa shape index (κ2) is 5.05. The van der Waals surface area contributed by atoms with Gasteiger partial charge in [-0.3, -0.25) is 14.0 Å². The van der Waals surface area contributed by atoms with Crippen molar-refractivity contribution >= 4 is 11.0 Å². The third-order valence-corrected chi connectivity index (χ3v) is 3.54. The smallest absolute Gasteiger partial charge is 0.264 e. The monoisotopic (exact) mass is 284 g/mol. The standard InChI is InChI=1S/C15H16N4O2/c1-10-4-5-11(6-13(10)21-3)8-19-9-16-14-12(15(19)20)7-17-18(14)2/h4-7,9H,8H2,1-3H3. The zero-order chi connectivity index (χ0) is 15.0. The first kappa shape index (κ1) is 13.4. The first-order valence-corrected chi connectivity index (χ1v) is 6.61. The van der Waals surface area contributed by atoms with Gasteiger partial charge in [0.1, 0.15) is 17.5 Å². The van der Waals surface area contributed by atoms with Crippen molar-refractivity contribution in [2.75, 3.05) is 7.11 Å². The predicted molar refractivity (Wildman–Crippen MR) is 79.6 cm³/mol. The highest BCUT2D eigenvalue weighted by Gasteiger charge is 2.09. The summed E-state index contributed by atoms with van der Waals surface area (Å²) in [6, 6.07) is 5.90. The molecule has 6 nitrogen and oxygen atoms in total. The maximum atomic E-state index is 12.4. The average molecular weight is 284 g/mol. The zero-order valence-electron chi connectivity index (χ0n) is 12.2. The summed E-state index contributed by atoms with van der Waals surface area (Å²) in [6.07, 6.45) is 3.11. The van der Waals surface area contributed by atoms with E-state index in [9.17, 15) is 4.79 Å². The highest BCUT2D eigenvalue weighted by molar-refractivity contribution is 5.72. The van der Waals surface area contributed by atoms with Crippen molar-refractivity contribution in [3.63, 3.8) is 0 Å². The molecule has 1 aromatic carbocycles. The Morgan fingerprint density at radius 1 is 1.33 bits per heavy atom. The predicted octanol–water partition coefficient (Wildman–Crippen LogP) is 1.50. The Bertz CT molecular complexity index is 864. The van der Waals surface area contributed by atoms with Gasteiger partial charge in [0.2, 0.25) is 0 Å².